The van der Waals surface area contributed by atoms with E-state index in [-0.39, 0.29) is 17.6 Å². The Labute approximate surface area is 116 Å². The summed E-state index contributed by atoms with van der Waals surface area (Å²) in [5.74, 6) is -0.265. The Morgan fingerprint density at radius 3 is 2.80 bits per heavy atom. The van der Waals surface area contributed by atoms with Gasteiger partial charge in [-0.15, -0.1) is 0 Å². The molecule has 0 saturated heterocycles. The van der Waals surface area contributed by atoms with Crippen LogP contribution in [-0.2, 0) is 11.2 Å². The van der Waals surface area contributed by atoms with Crippen LogP contribution in [0, 0.1) is 0 Å². The lowest BCUT2D eigenvalue weighted by atomic mass is 9.86. The molecule has 1 aliphatic heterocycles. The van der Waals surface area contributed by atoms with Gasteiger partial charge in [-0.1, -0.05) is 18.2 Å². The molecule has 0 fully saturated rings. The van der Waals surface area contributed by atoms with Gasteiger partial charge in [0.05, 0.1) is 5.92 Å². The summed E-state index contributed by atoms with van der Waals surface area (Å²) >= 11 is 0. The van der Waals surface area contributed by atoms with Crippen LogP contribution in [-0.4, -0.2) is 16.7 Å². The van der Waals surface area contributed by atoms with Crippen LogP contribution < -0.4 is 5.32 Å². The fraction of sp³-hybridized carbons (Fsp3) is 0.250. The molecule has 2 aliphatic rings. The predicted molar refractivity (Wildman–Crippen MR) is 75.0 cm³/mol. The predicted octanol–water partition coefficient (Wildman–Crippen LogP) is 2.62. The lowest BCUT2D eigenvalue weighted by Crippen LogP contribution is -2.17. The zero-order valence-corrected chi connectivity index (χ0v) is 10.9. The first-order valence-electron chi connectivity index (χ1n) is 6.89. The zero-order valence-electron chi connectivity index (χ0n) is 10.9. The Balaban J connectivity index is 1.89. The summed E-state index contributed by atoms with van der Waals surface area (Å²) in [7, 11) is 0. The van der Waals surface area contributed by atoms with Crippen molar-refractivity contribution in [1.29, 1.82) is 0 Å². The molecule has 4 rings (SSSR count). The number of aromatic nitrogens is 1. The lowest BCUT2D eigenvalue weighted by Gasteiger charge is -2.14. The molecule has 2 N–H and O–H groups in total. The molecule has 1 aromatic carbocycles. The second-order valence-electron chi connectivity index (χ2n) is 5.38. The van der Waals surface area contributed by atoms with Gasteiger partial charge in [0.15, 0.2) is 5.78 Å². The second-order valence-corrected chi connectivity index (χ2v) is 5.38. The summed E-state index contributed by atoms with van der Waals surface area (Å²) in [6.07, 6.45) is 4.18. The van der Waals surface area contributed by atoms with Crippen molar-refractivity contribution >= 4 is 17.4 Å². The van der Waals surface area contributed by atoms with Gasteiger partial charge in [-0.05, 0) is 30.0 Å². The molecular formula is C16H14N2O2. The number of carbonyl (C=O) groups excluding carboxylic acids is 2. The fourth-order valence-electron chi connectivity index (χ4n) is 3.31. The SMILES string of the molecule is O=C1CCCc2[nH]cc(C3C(=O)Nc4ccccc43)c21. The number of benzene rings is 1. The van der Waals surface area contributed by atoms with Crippen LogP contribution in [0.1, 0.15) is 45.9 Å². The average Bonchev–Trinajstić information content (AvgIpc) is 2.99. The van der Waals surface area contributed by atoms with Crippen molar-refractivity contribution in [2.45, 2.75) is 25.2 Å². The van der Waals surface area contributed by atoms with E-state index >= 15 is 0 Å². The number of hydrogen-bond acceptors (Lipinski definition) is 2. The summed E-state index contributed by atoms with van der Waals surface area (Å²) in [5.41, 5.74) is 4.35. The van der Waals surface area contributed by atoms with E-state index in [2.05, 4.69) is 10.3 Å². The van der Waals surface area contributed by atoms with Gasteiger partial charge < -0.3 is 10.3 Å². The number of ketones is 1. The van der Waals surface area contributed by atoms with Crippen molar-refractivity contribution in [2.24, 2.45) is 0 Å². The minimum atomic E-state index is -0.367. The molecular weight excluding hydrogens is 252 g/mol. The van der Waals surface area contributed by atoms with E-state index in [1.165, 1.54) is 0 Å². The Bertz CT molecular complexity index is 730. The molecule has 4 heteroatoms. The molecule has 0 bridgehead atoms. The van der Waals surface area contributed by atoms with Crippen molar-refractivity contribution in [3.63, 3.8) is 0 Å². The smallest absolute Gasteiger partial charge is 0.236 e. The molecule has 20 heavy (non-hydrogen) atoms. The van der Waals surface area contributed by atoms with Gasteiger partial charge >= 0.3 is 0 Å². The fourth-order valence-corrected chi connectivity index (χ4v) is 3.31. The largest absolute Gasteiger partial charge is 0.364 e. The van der Waals surface area contributed by atoms with Gasteiger partial charge in [-0.3, -0.25) is 9.59 Å². The van der Waals surface area contributed by atoms with Gasteiger partial charge in [0.1, 0.15) is 0 Å². The highest BCUT2D eigenvalue weighted by molar-refractivity contribution is 6.08. The number of para-hydroxylation sites is 1. The lowest BCUT2D eigenvalue weighted by molar-refractivity contribution is -0.116. The number of hydrogen-bond donors (Lipinski definition) is 2. The number of aryl methyl sites for hydroxylation is 1. The molecule has 0 radical (unpaired) electrons. The van der Waals surface area contributed by atoms with Crippen molar-refractivity contribution in [2.75, 3.05) is 5.32 Å². The van der Waals surface area contributed by atoms with Gasteiger partial charge in [0, 0.05) is 29.6 Å². The summed E-state index contributed by atoms with van der Waals surface area (Å²) < 4.78 is 0. The first-order valence-corrected chi connectivity index (χ1v) is 6.89. The summed E-state index contributed by atoms with van der Waals surface area (Å²) in [6.45, 7) is 0. The highest BCUT2D eigenvalue weighted by atomic mass is 16.2. The molecule has 1 unspecified atom stereocenters. The summed E-state index contributed by atoms with van der Waals surface area (Å²) in [6, 6.07) is 7.67. The molecule has 2 aromatic rings. The third-order valence-electron chi connectivity index (χ3n) is 4.20. The van der Waals surface area contributed by atoms with E-state index in [1.54, 1.807) is 0 Å². The highest BCUT2D eigenvalue weighted by Gasteiger charge is 2.36. The topological polar surface area (TPSA) is 62.0 Å². The highest BCUT2D eigenvalue weighted by Crippen LogP contribution is 2.40. The van der Waals surface area contributed by atoms with Crippen molar-refractivity contribution in [1.82, 2.24) is 4.98 Å². The number of carbonyl (C=O) groups is 2. The van der Waals surface area contributed by atoms with Gasteiger partial charge in [0.2, 0.25) is 5.91 Å². The van der Waals surface area contributed by atoms with Gasteiger partial charge in [0.25, 0.3) is 0 Å². The van der Waals surface area contributed by atoms with E-state index in [0.717, 1.165) is 40.9 Å². The molecule has 100 valence electrons. The third kappa shape index (κ3) is 1.48. The van der Waals surface area contributed by atoms with Crippen LogP contribution in [0.3, 0.4) is 0 Å². The van der Waals surface area contributed by atoms with E-state index in [4.69, 9.17) is 0 Å². The van der Waals surface area contributed by atoms with Crippen LogP contribution in [0.4, 0.5) is 5.69 Å². The Hall–Kier alpha value is -2.36. The zero-order chi connectivity index (χ0) is 13.7. The standard InChI is InChI=1S/C16H14N2O2/c19-13-7-3-6-12-15(13)10(8-17-12)14-9-4-1-2-5-11(9)18-16(14)20/h1-2,4-5,8,14,17H,3,6-7H2,(H,18,20). The second kappa shape index (κ2) is 4.07. The van der Waals surface area contributed by atoms with Crippen LogP contribution in [0.15, 0.2) is 30.5 Å². The van der Waals surface area contributed by atoms with Crippen LogP contribution in [0.25, 0.3) is 0 Å². The Morgan fingerprint density at radius 2 is 1.90 bits per heavy atom. The van der Waals surface area contributed by atoms with E-state index in [0.29, 0.717) is 6.42 Å². The number of Topliss-reactive ketones (excluding diaryl/α,β-unsaturated/α-hetero) is 1. The van der Waals surface area contributed by atoms with Gasteiger partial charge in [-0.2, -0.15) is 0 Å². The first-order chi connectivity index (χ1) is 9.75. The van der Waals surface area contributed by atoms with Crippen molar-refractivity contribution < 1.29 is 9.59 Å². The third-order valence-corrected chi connectivity index (χ3v) is 4.20. The number of aromatic amines is 1. The number of nitrogens with one attached hydrogen (secondary N) is 2. The molecule has 2 heterocycles. The molecule has 1 amide bonds. The molecule has 0 saturated carbocycles. The maximum absolute atomic E-state index is 12.3. The van der Waals surface area contributed by atoms with Crippen LogP contribution in [0.2, 0.25) is 0 Å². The summed E-state index contributed by atoms with van der Waals surface area (Å²) in [4.78, 5) is 27.7. The van der Waals surface area contributed by atoms with E-state index < -0.39 is 0 Å². The Kier molecular flexibility index (Phi) is 2.33. The molecule has 1 aromatic heterocycles. The van der Waals surface area contributed by atoms with Gasteiger partial charge in [-0.25, -0.2) is 0 Å². The Morgan fingerprint density at radius 1 is 1.05 bits per heavy atom. The maximum atomic E-state index is 12.3. The molecule has 1 atom stereocenters. The number of rotatable bonds is 1. The summed E-state index contributed by atoms with van der Waals surface area (Å²) in [5, 5.41) is 2.89. The number of H-pyrrole nitrogens is 1. The van der Waals surface area contributed by atoms with Crippen LogP contribution >= 0.6 is 0 Å². The molecule has 1 aliphatic carbocycles. The van der Waals surface area contributed by atoms with Crippen molar-refractivity contribution in [3.8, 4) is 0 Å². The number of amides is 1. The minimum Gasteiger partial charge on any atom is -0.364 e. The molecule has 4 nitrogen and oxygen atoms in total. The number of anilines is 1. The minimum absolute atomic E-state index is 0.0497. The van der Waals surface area contributed by atoms with Crippen molar-refractivity contribution in [3.05, 3.63) is 52.8 Å². The van der Waals surface area contributed by atoms with Crippen LogP contribution in [0.5, 0.6) is 0 Å². The average molecular weight is 266 g/mol. The normalized spacial score (nSPS) is 20.5. The number of fused-ring (bicyclic) bond motifs is 2. The van der Waals surface area contributed by atoms with E-state index in [9.17, 15) is 9.59 Å². The maximum Gasteiger partial charge on any atom is 0.236 e. The monoisotopic (exact) mass is 266 g/mol. The molecule has 0 spiro atoms. The first kappa shape index (κ1) is 11.5. The quantitative estimate of drug-likeness (QED) is 0.833. The van der Waals surface area contributed by atoms with E-state index in [1.807, 2.05) is 30.5 Å².